The third kappa shape index (κ3) is 10.2. The van der Waals surface area contributed by atoms with Gasteiger partial charge in [-0.1, -0.05) is 79.9 Å². The highest BCUT2D eigenvalue weighted by Crippen LogP contribution is 2.32. The number of piperazine rings is 1. The lowest BCUT2D eigenvalue weighted by Crippen LogP contribution is -2.66. The van der Waals surface area contributed by atoms with Gasteiger partial charge < -0.3 is 37.4 Å². The van der Waals surface area contributed by atoms with Crippen molar-refractivity contribution in [3.63, 3.8) is 0 Å². The highest BCUT2D eigenvalue weighted by Gasteiger charge is 2.47. The van der Waals surface area contributed by atoms with Crippen LogP contribution in [0.15, 0.2) is 60.7 Å². The molecule has 1 aliphatic carbocycles. The first kappa shape index (κ1) is 38.9. The number of hydrogen-bond donors (Lipinski definition) is 6. The second-order valence-electron chi connectivity index (χ2n) is 14.7. The number of aliphatic carboxylic acids is 1. The smallest absolute Gasteiger partial charge is 0.317 e. The molecule has 2 aromatic carbocycles. The molecule has 3 fully saturated rings. The Morgan fingerprint density at radius 3 is 1.96 bits per heavy atom. The number of unbranched alkanes of at least 4 members (excludes halogenated alkanes) is 1. The summed E-state index contributed by atoms with van der Waals surface area (Å²) in [5, 5.41) is 18.4. The maximum Gasteiger partial charge on any atom is 0.317 e. The lowest BCUT2D eigenvalue weighted by Gasteiger charge is -2.43. The van der Waals surface area contributed by atoms with Crippen molar-refractivity contribution >= 4 is 29.6 Å². The number of carboxylic acids is 1. The number of nitrogens with two attached hydrogens (primary N) is 2. The Morgan fingerprint density at radius 2 is 1.38 bits per heavy atom. The summed E-state index contributed by atoms with van der Waals surface area (Å²) in [6.07, 6.45) is 6.90. The van der Waals surface area contributed by atoms with Crippen LogP contribution in [0.1, 0.15) is 75.3 Å². The number of carboxylic acid groups (broad SMARTS) is 1. The van der Waals surface area contributed by atoms with E-state index in [0.717, 1.165) is 30.4 Å². The molecule has 2 bridgehead atoms. The summed E-state index contributed by atoms with van der Waals surface area (Å²) in [7, 11) is 0. The van der Waals surface area contributed by atoms with E-state index in [2.05, 4.69) is 16.0 Å². The molecule has 0 aromatic heterocycles. The highest BCUT2D eigenvalue weighted by molar-refractivity contribution is 5.97. The molecule has 0 radical (unpaired) electrons. The van der Waals surface area contributed by atoms with E-state index in [1.807, 2.05) is 70.5 Å². The van der Waals surface area contributed by atoms with Gasteiger partial charge in [-0.05, 0) is 69.0 Å². The number of rotatable bonds is 17. The Hall–Kier alpha value is -4.33. The Balaban J connectivity index is 1.33. The van der Waals surface area contributed by atoms with Crippen LogP contribution in [-0.4, -0.2) is 106 Å². The predicted molar refractivity (Wildman–Crippen MR) is 197 cm³/mol. The van der Waals surface area contributed by atoms with Crippen LogP contribution in [0.2, 0.25) is 0 Å². The van der Waals surface area contributed by atoms with Crippen LogP contribution in [0.5, 0.6) is 0 Å². The molecule has 2 aliphatic heterocycles. The molecule has 2 saturated heterocycles. The molecule has 2 heterocycles. The Bertz CT molecular complexity index is 1510. The van der Waals surface area contributed by atoms with Crippen LogP contribution in [0.25, 0.3) is 0 Å². The summed E-state index contributed by atoms with van der Waals surface area (Å²) >= 11 is 0. The number of hydrogen-bond acceptors (Lipinski definition) is 8. The summed E-state index contributed by atoms with van der Waals surface area (Å²) in [5.74, 6) is -2.43. The topological polar surface area (TPSA) is 200 Å². The van der Waals surface area contributed by atoms with Crippen molar-refractivity contribution in [3.05, 3.63) is 71.8 Å². The first-order valence-corrected chi connectivity index (χ1v) is 18.8. The largest absolute Gasteiger partial charge is 0.480 e. The summed E-state index contributed by atoms with van der Waals surface area (Å²) in [4.78, 5) is 71.5. The zero-order chi connectivity index (χ0) is 37.1. The van der Waals surface area contributed by atoms with Crippen LogP contribution >= 0.6 is 0 Å². The monoisotopic (exact) mass is 717 g/mol. The van der Waals surface area contributed by atoms with E-state index < -0.39 is 47.4 Å². The van der Waals surface area contributed by atoms with E-state index >= 15 is 0 Å². The average Bonchev–Trinajstić information content (AvgIpc) is 3.41. The highest BCUT2D eigenvalue weighted by atomic mass is 16.4. The number of carbonyl (C=O) groups is 5. The molecule has 5 unspecified atom stereocenters. The Labute approximate surface area is 306 Å². The number of amides is 4. The van der Waals surface area contributed by atoms with Crippen molar-refractivity contribution < 1.29 is 29.1 Å². The lowest BCUT2D eigenvalue weighted by atomic mass is 9.80. The van der Waals surface area contributed by atoms with Crippen LogP contribution < -0.4 is 27.4 Å². The number of likely N-dealkylation sites (tertiary alicyclic amines) is 1. The van der Waals surface area contributed by atoms with Crippen molar-refractivity contribution in [1.82, 2.24) is 25.8 Å². The van der Waals surface area contributed by atoms with E-state index in [9.17, 15) is 29.1 Å². The molecule has 13 heteroatoms. The molecule has 8 N–H and O–H groups in total. The van der Waals surface area contributed by atoms with Crippen molar-refractivity contribution in [2.75, 3.05) is 26.2 Å². The van der Waals surface area contributed by atoms with Crippen molar-refractivity contribution in [3.8, 4) is 0 Å². The molecular formula is C39H55N7O6. The van der Waals surface area contributed by atoms with Crippen LogP contribution in [0.4, 0.5) is 0 Å². The molecule has 0 spiro atoms. The van der Waals surface area contributed by atoms with Gasteiger partial charge in [0.1, 0.15) is 17.6 Å². The second-order valence-corrected chi connectivity index (χ2v) is 14.7. The quantitative estimate of drug-likeness (QED) is 0.131. The summed E-state index contributed by atoms with van der Waals surface area (Å²) in [6.45, 7) is 1.33. The molecule has 5 rings (SSSR count). The second kappa shape index (κ2) is 18.4. The van der Waals surface area contributed by atoms with Crippen LogP contribution in [-0.2, 0) is 36.8 Å². The number of nitrogens with zero attached hydrogens (tertiary/aromatic N) is 2. The maximum absolute atomic E-state index is 14.5. The van der Waals surface area contributed by atoms with Crippen LogP contribution in [0.3, 0.4) is 0 Å². The van der Waals surface area contributed by atoms with Gasteiger partial charge in [0.25, 0.3) is 0 Å². The van der Waals surface area contributed by atoms with Gasteiger partial charge in [0, 0.05) is 31.6 Å². The molecule has 282 valence electrons. The molecule has 1 saturated carbocycles. The van der Waals surface area contributed by atoms with Gasteiger partial charge in [-0.2, -0.15) is 0 Å². The Morgan fingerprint density at radius 1 is 0.788 bits per heavy atom. The molecule has 3 aliphatic rings. The molecule has 5 atom stereocenters. The van der Waals surface area contributed by atoms with E-state index in [4.69, 9.17) is 11.5 Å². The standard InChI is InChI=1S/C39H55N7O6/c40-21-11-8-16-32(37(51)46-29-17-18-30(46)25-45(24-29)26-34(47)48)43-38(52)39(19-9-3-10-20-39)44-36(50)33(23-28-14-6-2-7-15-28)42-35(49)31(41)22-27-12-4-1-5-13-27/h1-2,4-7,12-15,29-33H,3,8-11,16-26,40-41H2,(H,42,49)(H,43,52)(H,44,50)(H,47,48). The molecule has 4 amide bonds. The number of carbonyl (C=O) groups excluding carboxylic acids is 4. The van der Waals surface area contributed by atoms with E-state index in [0.29, 0.717) is 71.0 Å². The first-order chi connectivity index (χ1) is 25.1. The Kier molecular flexibility index (Phi) is 13.8. The molecule has 13 nitrogen and oxygen atoms in total. The van der Waals surface area contributed by atoms with E-state index in [1.54, 1.807) is 0 Å². The average molecular weight is 718 g/mol. The van der Waals surface area contributed by atoms with Gasteiger partial charge in [0.2, 0.25) is 23.6 Å². The van der Waals surface area contributed by atoms with Gasteiger partial charge in [0.05, 0.1) is 12.6 Å². The van der Waals surface area contributed by atoms with Gasteiger partial charge in [0.15, 0.2) is 0 Å². The molecule has 52 heavy (non-hydrogen) atoms. The summed E-state index contributed by atoms with van der Waals surface area (Å²) in [6, 6.07) is 15.8. The summed E-state index contributed by atoms with van der Waals surface area (Å²) < 4.78 is 0. The normalized spacial score (nSPS) is 21.4. The predicted octanol–water partition coefficient (Wildman–Crippen LogP) is 1.48. The van der Waals surface area contributed by atoms with Crippen molar-refractivity contribution in [2.24, 2.45) is 11.5 Å². The van der Waals surface area contributed by atoms with E-state index in [1.165, 1.54) is 0 Å². The summed E-state index contributed by atoms with van der Waals surface area (Å²) in [5.41, 5.74) is 12.6. The van der Waals surface area contributed by atoms with Gasteiger partial charge in [-0.25, -0.2) is 0 Å². The minimum atomic E-state index is -1.27. The van der Waals surface area contributed by atoms with Crippen LogP contribution in [0, 0.1) is 0 Å². The fraction of sp³-hybridized carbons (Fsp3) is 0.564. The molecular weight excluding hydrogens is 662 g/mol. The van der Waals surface area contributed by atoms with Gasteiger partial charge >= 0.3 is 5.97 Å². The number of fused-ring (bicyclic) bond motifs is 2. The zero-order valence-electron chi connectivity index (χ0n) is 30.0. The minimum Gasteiger partial charge on any atom is -0.480 e. The molecule has 2 aromatic rings. The first-order valence-electron chi connectivity index (χ1n) is 18.8. The maximum atomic E-state index is 14.5. The SMILES string of the molecule is NCCCCC(NC(=O)C1(NC(=O)C(Cc2ccccc2)NC(=O)C(N)Cc2ccccc2)CCCCC1)C(=O)N1C2CCC1CN(CC(=O)O)C2. The fourth-order valence-corrected chi connectivity index (χ4v) is 8.08. The third-order valence-electron chi connectivity index (χ3n) is 10.8. The van der Waals surface area contributed by atoms with Gasteiger partial charge in [-0.3, -0.25) is 28.9 Å². The van der Waals surface area contributed by atoms with Gasteiger partial charge in [-0.15, -0.1) is 0 Å². The number of benzene rings is 2. The lowest BCUT2D eigenvalue weighted by molar-refractivity contribution is -0.145. The third-order valence-corrected chi connectivity index (χ3v) is 10.8. The van der Waals surface area contributed by atoms with Crippen molar-refractivity contribution in [1.29, 1.82) is 0 Å². The fourth-order valence-electron chi connectivity index (χ4n) is 8.08. The minimum absolute atomic E-state index is 0.0708. The van der Waals surface area contributed by atoms with Crippen molar-refractivity contribution in [2.45, 2.75) is 113 Å². The number of nitrogens with one attached hydrogen (secondary N) is 3. The zero-order valence-corrected chi connectivity index (χ0v) is 30.0. The van der Waals surface area contributed by atoms with E-state index in [-0.39, 0.29) is 31.0 Å².